The minimum absolute atomic E-state index is 0.362. The lowest BCUT2D eigenvalue weighted by molar-refractivity contribution is 0.145. The Balaban J connectivity index is 1.91. The minimum atomic E-state index is -0.787. The van der Waals surface area contributed by atoms with Crippen LogP contribution < -0.4 is 5.73 Å². The van der Waals surface area contributed by atoms with Gasteiger partial charge in [0.05, 0.1) is 0 Å². The molecule has 4 nitrogen and oxygen atoms in total. The van der Waals surface area contributed by atoms with Crippen LogP contribution in [0.4, 0.5) is 4.79 Å². The SMILES string of the molecule is NC1C2CCN(C(=O)O)CCC12. The summed E-state index contributed by atoms with van der Waals surface area (Å²) in [7, 11) is 0. The number of rotatable bonds is 0. The second-order valence-electron chi connectivity index (χ2n) is 3.75. The molecule has 4 heteroatoms. The highest BCUT2D eigenvalue weighted by Crippen LogP contribution is 2.44. The number of hydrogen-bond acceptors (Lipinski definition) is 2. The number of amides is 1. The summed E-state index contributed by atoms with van der Waals surface area (Å²) in [5.74, 6) is 1.21. The molecule has 3 N–H and O–H groups in total. The zero-order valence-corrected chi connectivity index (χ0v) is 6.94. The fraction of sp³-hybridized carbons (Fsp3) is 0.875. The Kier molecular flexibility index (Phi) is 1.72. The topological polar surface area (TPSA) is 66.6 Å². The molecule has 1 heterocycles. The van der Waals surface area contributed by atoms with Crippen molar-refractivity contribution >= 4 is 6.09 Å². The van der Waals surface area contributed by atoms with E-state index < -0.39 is 6.09 Å². The van der Waals surface area contributed by atoms with Crippen LogP contribution in [0.25, 0.3) is 0 Å². The number of nitrogens with two attached hydrogens (primary N) is 1. The maximum atomic E-state index is 10.6. The van der Waals surface area contributed by atoms with Gasteiger partial charge in [-0.3, -0.25) is 0 Å². The number of fused-ring (bicyclic) bond motifs is 1. The first kappa shape index (κ1) is 7.86. The van der Waals surface area contributed by atoms with Gasteiger partial charge in [-0.05, 0) is 24.7 Å². The van der Waals surface area contributed by atoms with Crippen LogP contribution in [0.2, 0.25) is 0 Å². The fourth-order valence-electron chi connectivity index (χ4n) is 2.20. The Morgan fingerprint density at radius 2 is 1.83 bits per heavy atom. The molecule has 0 spiro atoms. The van der Waals surface area contributed by atoms with Gasteiger partial charge in [-0.2, -0.15) is 0 Å². The van der Waals surface area contributed by atoms with E-state index in [1.807, 2.05) is 0 Å². The predicted octanol–water partition coefficient (Wildman–Crippen LogP) is 0.333. The first-order valence-electron chi connectivity index (χ1n) is 4.43. The summed E-state index contributed by atoms with van der Waals surface area (Å²) in [5, 5.41) is 8.72. The van der Waals surface area contributed by atoms with Crippen molar-refractivity contribution in [3.63, 3.8) is 0 Å². The van der Waals surface area contributed by atoms with Gasteiger partial charge in [0, 0.05) is 19.1 Å². The lowest BCUT2D eigenvalue weighted by Crippen LogP contribution is -2.31. The highest BCUT2D eigenvalue weighted by atomic mass is 16.4. The van der Waals surface area contributed by atoms with E-state index in [0.29, 0.717) is 31.0 Å². The van der Waals surface area contributed by atoms with Crippen molar-refractivity contribution in [1.82, 2.24) is 4.90 Å². The highest BCUT2D eigenvalue weighted by Gasteiger charge is 2.48. The van der Waals surface area contributed by atoms with E-state index in [4.69, 9.17) is 10.8 Å². The van der Waals surface area contributed by atoms with Crippen LogP contribution >= 0.6 is 0 Å². The van der Waals surface area contributed by atoms with Crippen LogP contribution in [0, 0.1) is 11.8 Å². The first-order chi connectivity index (χ1) is 5.70. The average Bonchev–Trinajstić information content (AvgIpc) is 2.67. The summed E-state index contributed by atoms with van der Waals surface area (Å²) in [4.78, 5) is 12.1. The molecule has 12 heavy (non-hydrogen) atoms. The molecule has 2 aliphatic rings. The van der Waals surface area contributed by atoms with E-state index in [1.54, 1.807) is 0 Å². The lowest BCUT2D eigenvalue weighted by Gasteiger charge is -2.16. The summed E-state index contributed by atoms with van der Waals surface area (Å²) >= 11 is 0. The Morgan fingerprint density at radius 1 is 1.33 bits per heavy atom. The monoisotopic (exact) mass is 170 g/mol. The second-order valence-corrected chi connectivity index (χ2v) is 3.75. The molecule has 0 aromatic heterocycles. The zero-order valence-electron chi connectivity index (χ0n) is 6.94. The molecule has 0 aromatic carbocycles. The molecule has 2 fully saturated rings. The van der Waals surface area contributed by atoms with E-state index in [0.717, 1.165) is 12.8 Å². The summed E-state index contributed by atoms with van der Waals surface area (Å²) in [6, 6.07) is 0.362. The molecule has 1 saturated carbocycles. The third-order valence-electron chi connectivity index (χ3n) is 3.13. The summed E-state index contributed by atoms with van der Waals surface area (Å²) in [5.41, 5.74) is 5.80. The Morgan fingerprint density at radius 3 is 2.25 bits per heavy atom. The van der Waals surface area contributed by atoms with Gasteiger partial charge in [-0.15, -0.1) is 0 Å². The number of likely N-dealkylation sites (tertiary alicyclic amines) is 1. The van der Waals surface area contributed by atoms with Crippen molar-refractivity contribution < 1.29 is 9.90 Å². The fourth-order valence-corrected chi connectivity index (χ4v) is 2.20. The van der Waals surface area contributed by atoms with Gasteiger partial charge in [0.2, 0.25) is 0 Å². The van der Waals surface area contributed by atoms with E-state index in [2.05, 4.69) is 0 Å². The molecule has 1 saturated heterocycles. The smallest absolute Gasteiger partial charge is 0.407 e. The number of carboxylic acid groups (broad SMARTS) is 1. The van der Waals surface area contributed by atoms with Gasteiger partial charge in [0.25, 0.3) is 0 Å². The summed E-state index contributed by atoms with van der Waals surface area (Å²) in [6.45, 7) is 1.34. The van der Waals surface area contributed by atoms with Crippen LogP contribution in [0.1, 0.15) is 12.8 Å². The molecular weight excluding hydrogens is 156 g/mol. The summed E-state index contributed by atoms with van der Waals surface area (Å²) < 4.78 is 0. The Hall–Kier alpha value is -0.770. The molecule has 0 bridgehead atoms. The van der Waals surface area contributed by atoms with E-state index in [1.165, 1.54) is 4.90 Å². The van der Waals surface area contributed by atoms with Gasteiger partial charge in [-0.25, -0.2) is 4.79 Å². The van der Waals surface area contributed by atoms with Crippen LogP contribution in [-0.4, -0.2) is 35.2 Å². The van der Waals surface area contributed by atoms with Crippen molar-refractivity contribution in [3.05, 3.63) is 0 Å². The van der Waals surface area contributed by atoms with Crippen molar-refractivity contribution in [1.29, 1.82) is 0 Å². The molecule has 2 rings (SSSR count). The van der Waals surface area contributed by atoms with Gasteiger partial charge in [-0.1, -0.05) is 0 Å². The van der Waals surface area contributed by atoms with Crippen LogP contribution in [0.15, 0.2) is 0 Å². The first-order valence-corrected chi connectivity index (χ1v) is 4.43. The predicted molar refractivity (Wildman–Crippen MR) is 43.8 cm³/mol. The Bertz CT molecular complexity index is 193. The van der Waals surface area contributed by atoms with Gasteiger partial charge < -0.3 is 15.7 Å². The molecule has 68 valence electrons. The standard InChI is InChI=1S/C8H14N2O2/c9-7-5-1-3-10(8(11)12)4-2-6(5)7/h5-7H,1-4,9H2,(H,11,12). The highest BCUT2D eigenvalue weighted by molar-refractivity contribution is 5.64. The van der Waals surface area contributed by atoms with E-state index in [9.17, 15) is 4.79 Å². The van der Waals surface area contributed by atoms with Crippen molar-refractivity contribution in [2.45, 2.75) is 18.9 Å². The third-order valence-corrected chi connectivity index (χ3v) is 3.13. The van der Waals surface area contributed by atoms with Crippen LogP contribution in [0.3, 0.4) is 0 Å². The van der Waals surface area contributed by atoms with Crippen molar-refractivity contribution in [2.24, 2.45) is 17.6 Å². The van der Waals surface area contributed by atoms with Crippen LogP contribution in [-0.2, 0) is 0 Å². The van der Waals surface area contributed by atoms with Crippen LogP contribution in [0.5, 0.6) is 0 Å². The summed E-state index contributed by atoms with van der Waals surface area (Å²) in [6.07, 6.45) is 1.13. The maximum absolute atomic E-state index is 10.6. The lowest BCUT2D eigenvalue weighted by atomic mass is 10.2. The molecule has 0 radical (unpaired) electrons. The van der Waals surface area contributed by atoms with Crippen molar-refractivity contribution in [3.8, 4) is 0 Å². The minimum Gasteiger partial charge on any atom is -0.465 e. The molecule has 1 aliphatic heterocycles. The maximum Gasteiger partial charge on any atom is 0.407 e. The quantitative estimate of drug-likeness (QED) is 0.550. The normalized spacial score (nSPS) is 40.1. The van der Waals surface area contributed by atoms with Gasteiger partial charge >= 0.3 is 6.09 Å². The number of nitrogens with zero attached hydrogens (tertiary/aromatic N) is 1. The number of carbonyl (C=O) groups is 1. The Labute approximate surface area is 71.3 Å². The molecule has 1 aliphatic carbocycles. The largest absolute Gasteiger partial charge is 0.465 e. The molecule has 0 aromatic rings. The average molecular weight is 170 g/mol. The zero-order chi connectivity index (χ0) is 8.72. The van der Waals surface area contributed by atoms with Crippen molar-refractivity contribution in [2.75, 3.05) is 13.1 Å². The van der Waals surface area contributed by atoms with Gasteiger partial charge in [0.15, 0.2) is 0 Å². The molecule has 2 unspecified atom stereocenters. The molecule has 1 amide bonds. The molecular formula is C8H14N2O2. The number of hydrogen-bond donors (Lipinski definition) is 2. The van der Waals surface area contributed by atoms with Gasteiger partial charge in [0.1, 0.15) is 0 Å². The van der Waals surface area contributed by atoms with E-state index in [-0.39, 0.29) is 0 Å². The van der Waals surface area contributed by atoms with E-state index >= 15 is 0 Å². The third kappa shape index (κ3) is 1.16. The second kappa shape index (κ2) is 2.62. The molecule has 2 atom stereocenters.